The van der Waals surface area contributed by atoms with Gasteiger partial charge in [-0.2, -0.15) is 0 Å². The highest BCUT2D eigenvalue weighted by Crippen LogP contribution is 2.23. The Hall–Kier alpha value is -2.77. The van der Waals surface area contributed by atoms with Gasteiger partial charge < -0.3 is 15.4 Å². The molecule has 0 spiro atoms. The number of fused-ring (bicyclic) bond motifs is 1. The fraction of sp³-hybridized carbons (Fsp3) is 0.261. The number of hydrogen-bond donors (Lipinski definition) is 2. The number of carbonyl (C=O) groups is 2. The van der Waals surface area contributed by atoms with Crippen LogP contribution in [0.15, 0.2) is 53.0 Å². The van der Waals surface area contributed by atoms with Crippen molar-refractivity contribution in [3.63, 3.8) is 0 Å². The number of halogens is 1. The van der Waals surface area contributed by atoms with E-state index in [1.807, 2.05) is 32.0 Å². The molecule has 2 aromatic carbocycles. The zero-order valence-electron chi connectivity index (χ0n) is 17.0. The largest absolute Gasteiger partial charge is 0.382 e. The summed E-state index contributed by atoms with van der Waals surface area (Å²) >= 11 is 3.44. The molecule has 1 aromatic heterocycles. The first-order chi connectivity index (χ1) is 14.5. The van der Waals surface area contributed by atoms with Gasteiger partial charge in [0, 0.05) is 46.6 Å². The third-order valence-corrected chi connectivity index (χ3v) is 4.98. The molecular weight excluding hydrogens is 446 g/mol. The van der Waals surface area contributed by atoms with Gasteiger partial charge >= 0.3 is 0 Å². The van der Waals surface area contributed by atoms with Crippen LogP contribution in [0.5, 0.6) is 0 Å². The second-order valence-electron chi connectivity index (χ2n) is 6.81. The summed E-state index contributed by atoms with van der Waals surface area (Å²) < 4.78 is 6.17. The molecule has 2 N–H and O–H groups in total. The molecule has 2 amide bonds. The Kier molecular flexibility index (Phi) is 7.54. The van der Waals surface area contributed by atoms with Crippen LogP contribution in [0.3, 0.4) is 0 Å². The molecule has 156 valence electrons. The summed E-state index contributed by atoms with van der Waals surface area (Å²) in [4.78, 5) is 29.8. The van der Waals surface area contributed by atoms with Crippen LogP contribution in [0.4, 0.5) is 5.69 Å². The van der Waals surface area contributed by atoms with Gasteiger partial charge in [-0.15, -0.1) is 0 Å². The molecule has 3 aromatic rings. The lowest BCUT2D eigenvalue weighted by atomic mass is 10.1. The van der Waals surface area contributed by atoms with Gasteiger partial charge in [-0.25, -0.2) is 0 Å². The van der Waals surface area contributed by atoms with E-state index in [1.165, 1.54) is 0 Å². The zero-order valence-corrected chi connectivity index (χ0v) is 18.6. The topological polar surface area (TPSA) is 80.3 Å². The highest BCUT2D eigenvalue weighted by Gasteiger charge is 2.14. The Labute approximate surface area is 184 Å². The normalized spacial score (nSPS) is 10.8. The lowest BCUT2D eigenvalue weighted by Crippen LogP contribution is -2.25. The lowest BCUT2D eigenvalue weighted by Gasteiger charge is -2.11. The van der Waals surface area contributed by atoms with Gasteiger partial charge in [-0.05, 0) is 56.7 Å². The minimum atomic E-state index is -0.248. The average molecular weight is 470 g/mol. The molecule has 0 saturated heterocycles. The minimum absolute atomic E-state index is 0.183. The number of nitrogens with zero attached hydrogens (tertiary/aromatic N) is 1. The van der Waals surface area contributed by atoms with Crippen molar-refractivity contribution in [3.05, 3.63) is 69.8 Å². The number of nitrogens with one attached hydrogen (secondary N) is 2. The summed E-state index contributed by atoms with van der Waals surface area (Å²) in [7, 11) is 0. The van der Waals surface area contributed by atoms with Crippen molar-refractivity contribution < 1.29 is 14.3 Å². The average Bonchev–Trinajstić information content (AvgIpc) is 2.72. The van der Waals surface area contributed by atoms with E-state index in [0.717, 1.165) is 27.5 Å². The molecule has 0 aliphatic heterocycles. The van der Waals surface area contributed by atoms with Gasteiger partial charge in [-0.1, -0.05) is 28.1 Å². The smallest absolute Gasteiger partial charge is 0.256 e. The molecule has 0 aliphatic carbocycles. The van der Waals surface area contributed by atoms with Crippen LogP contribution in [0.1, 0.15) is 39.8 Å². The summed E-state index contributed by atoms with van der Waals surface area (Å²) in [5, 5.41) is 6.52. The molecule has 0 atom stereocenters. The van der Waals surface area contributed by atoms with Gasteiger partial charge in [0.15, 0.2) is 0 Å². The van der Waals surface area contributed by atoms with Gasteiger partial charge in [0.25, 0.3) is 11.8 Å². The van der Waals surface area contributed by atoms with Crippen LogP contribution in [-0.4, -0.2) is 36.6 Å². The molecule has 3 rings (SSSR count). The molecular formula is C23H24BrN3O3. The van der Waals surface area contributed by atoms with Crippen molar-refractivity contribution >= 4 is 44.3 Å². The SMILES string of the molecule is CCOCCCNC(=O)c1cccc(NC(=O)c2cc(C)nc3cc(Br)ccc23)c1. The molecule has 6 nitrogen and oxygen atoms in total. The van der Waals surface area contributed by atoms with E-state index < -0.39 is 0 Å². The third-order valence-electron chi connectivity index (χ3n) is 4.48. The first-order valence-corrected chi connectivity index (χ1v) is 10.6. The predicted octanol–water partition coefficient (Wildman–Crippen LogP) is 4.71. The fourth-order valence-electron chi connectivity index (χ4n) is 3.08. The van der Waals surface area contributed by atoms with E-state index in [4.69, 9.17) is 4.74 Å². The van der Waals surface area contributed by atoms with Crippen molar-refractivity contribution in [1.29, 1.82) is 0 Å². The van der Waals surface area contributed by atoms with E-state index in [2.05, 4.69) is 31.5 Å². The summed E-state index contributed by atoms with van der Waals surface area (Å²) in [5.74, 6) is -0.431. The van der Waals surface area contributed by atoms with Crippen LogP contribution < -0.4 is 10.6 Å². The summed E-state index contributed by atoms with van der Waals surface area (Å²) in [5.41, 5.74) is 3.09. The molecule has 1 heterocycles. The Morgan fingerprint density at radius 3 is 2.73 bits per heavy atom. The fourth-order valence-corrected chi connectivity index (χ4v) is 3.43. The number of hydrogen-bond acceptors (Lipinski definition) is 4. The molecule has 30 heavy (non-hydrogen) atoms. The number of rotatable bonds is 8. The maximum atomic E-state index is 13.0. The first kappa shape index (κ1) is 21.9. The van der Waals surface area contributed by atoms with Crippen LogP contribution in [0.25, 0.3) is 10.9 Å². The van der Waals surface area contributed by atoms with E-state index in [1.54, 1.807) is 30.3 Å². The van der Waals surface area contributed by atoms with Crippen molar-refractivity contribution in [2.24, 2.45) is 0 Å². The Morgan fingerprint density at radius 2 is 1.93 bits per heavy atom. The van der Waals surface area contributed by atoms with E-state index in [-0.39, 0.29) is 11.8 Å². The number of aromatic nitrogens is 1. The Morgan fingerprint density at radius 1 is 1.10 bits per heavy atom. The van der Waals surface area contributed by atoms with E-state index in [9.17, 15) is 9.59 Å². The van der Waals surface area contributed by atoms with Crippen LogP contribution in [-0.2, 0) is 4.74 Å². The predicted molar refractivity (Wildman–Crippen MR) is 122 cm³/mol. The number of anilines is 1. The molecule has 0 saturated carbocycles. The molecule has 0 unspecified atom stereocenters. The van der Waals surface area contributed by atoms with Crippen LogP contribution >= 0.6 is 15.9 Å². The van der Waals surface area contributed by atoms with Gasteiger partial charge in [-0.3, -0.25) is 14.6 Å². The number of benzene rings is 2. The Balaban J connectivity index is 1.73. The summed E-state index contributed by atoms with van der Waals surface area (Å²) in [6.45, 7) is 5.61. The van der Waals surface area contributed by atoms with Gasteiger partial charge in [0.2, 0.25) is 0 Å². The summed E-state index contributed by atoms with van der Waals surface area (Å²) in [6.07, 6.45) is 0.751. The van der Waals surface area contributed by atoms with Crippen molar-refractivity contribution in [3.8, 4) is 0 Å². The third kappa shape index (κ3) is 5.64. The van der Waals surface area contributed by atoms with Crippen molar-refractivity contribution in [1.82, 2.24) is 10.3 Å². The molecule has 0 fully saturated rings. The van der Waals surface area contributed by atoms with Crippen LogP contribution in [0, 0.1) is 6.92 Å². The highest BCUT2D eigenvalue weighted by atomic mass is 79.9. The number of amides is 2. The first-order valence-electron chi connectivity index (χ1n) is 9.82. The molecule has 0 bridgehead atoms. The maximum absolute atomic E-state index is 13.0. The standard InChI is InChI=1S/C23H24BrN3O3/c1-3-30-11-5-10-25-22(28)16-6-4-7-18(13-16)27-23(29)20-12-15(2)26-21-14-17(24)8-9-19(20)21/h4,6-9,12-14H,3,5,10-11H2,1-2H3,(H,25,28)(H,27,29). The number of pyridine rings is 1. The lowest BCUT2D eigenvalue weighted by molar-refractivity contribution is 0.0943. The van der Waals surface area contributed by atoms with Gasteiger partial charge in [0.05, 0.1) is 11.1 Å². The van der Waals surface area contributed by atoms with Crippen molar-refractivity contribution in [2.45, 2.75) is 20.3 Å². The van der Waals surface area contributed by atoms with Gasteiger partial charge in [0.1, 0.15) is 0 Å². The monoisotopic (exact) mass is 469 g/mol. The van der Waals surface area contributed by atoms with Crippen molar-refractivity contribution in [2.75, 3.05) is 25.1 Å². The number of ether oxygens (including phenoxy) is 1. The van der Waals surface area contributed by atoms with E-state index >= 15 is 0 Å². The zero-order chi connectivity index (χ0) is 21.5. The number of carbonyl (C=O) groups excluding carboxylic acids is 2. The minimum Gasteiger partial charge on any atom is -0.382 e. The quantitative estimate of drug-likeness (QED) is 0.467. The van der Waals surface area contributed by atoms with Crippen LogP contribution in [0.2, 0.25) is 0 Å². The molecule has 0 aliphatic rings. The second kappa shape index (κ2) is 10.3. The summed E-state index contributed by atoms with van der Waals surface area (Å²) in [6, 6.07) is 14.3. The Bertz CT molecular complexity index is 1060. The number of aryl methyl sites for hydroxylation is 1. The maximum Gasteiger partial charge on any atom is 0.256 e. The van der Waals surface area contributed by atoms with E-state index in [0.29, 0.717) is 36.6 Å². The second-order valence-corrected chi connectivity index (χ2v) is 7.73. The highest BCUT2D eigenvalue weighted by molar-refractivity contribution is 9.10. The molecule has 0 radical (unpaired) electrons. The molecule has 7 heteroatoms.